The van der Waals surface area contributed by atoms with Gasteiger partial charge in [-0.05, 0) is 24.5 Å². The number of hydrogen-bond donors (Lipinski definition) is 3. The molecular formula is C11H13N5O. The molecule has 0 saturated heterocycles. The van der Waals surface area contributed by atoms with Gasteiger partial charge >= 0.3 is 0 Å². The smallest absolute Gasteiger partial charge is 0.248 e. The summed E-state index contributed by atoms with van der Waals surface area (Å²) in [6.07, 6.45) is 1.43. The molecule has 0 radical (unpaired) electrons. The molecular weight excluding hydrogens is 218 g/mol. The van der Waals surface area contributed by atoms with E-state index in [-0.39, 0.29) is 5.96 Å². The van der Waals surface area contributed by atoms with Gasteiger partial charge in [0.1, 0.15) is 0 Å². The third-order valence-corrected chi connectivity index (χ3v) is 2.65. The molecule has 2 rings (SSSR count). The summed E-state index contributed by atoms with van der Waals surface area (Å²) in [6.45, 7) is 0. The Morgan fingerprint density at radius 1 is 1.18 bits per heavy atom. The number of nitrogens with two attached hydrogens (primary N) is 3. The Labute approximate surface area is 98.2 Å². The Balaban J connectivity index is 2.47. The van der Waals surface area contributed by atoms with E-state index in [1.54, 1.807) is 12.1 Å². The molecule has 6 nitrogen and oxygen atoms in total. The van der Waals surface area contributed by atoms with Crippen LogP contribution in [0.5, 0.6) is 0 Å². The maximum absolute atomic E-state index is 11.2. The van der Waals surface area contributed by atoms with Crippen LogP contribution in [0.4, 0.5) is 0 Å². The van der Waals surface area contributed by atoms with Crippen molar-refractivity contribution in [1.82, 2.24) is 0 Å². The Morgan fingerprint density at radius 3 is 2.59 bits per heavy atom. The van der Waals surface area contributed by atoms with Crippen molar-refractivity contribution in [3.8, 4) is 0 Å². The number of primary amides is 1. The predicted molar refractivity (Wildman–Crippen MR) is 65.6 cm³/mol. The summed E-state index contributed by atoms with van der Waals surface area (Å²) in [5.74, 6) is -0.512. The van der Waals surface area contributed by atoms with Crippen LogP contribution in [0.15, 0.2) is 28.4 Å². The fourth-order valence-electron chi connectivity index (χ4n) is 1.96. The second kappa shape index (κ2) is 4.25. The van der Waals surface area contributed by atoms with Crippen molar-refractivity contribution in [3.05, 3.63) is 34.9 Å². The van der Waals surface area contributed by atoms with Crippen LogP contribution >= 0.6 is 0 Å². The normalized spacial score (nSPS) is 15.6. The lowest BCUT2D eigenvalue weighted by Crippen LogP contribution is -2.22. The average molecular weight is 231 g/mol. The Bertz CT molecular complexity index is 529. The van der Waals surface area contributed by atoms with E-state index in [0.717, 1.165) is 23.3 Å². The zero-order valence-corrected chi connectivity index (χ0v) is 9.18. The van der Waals surface area contributed by atoms with Crippen LogP contribution in [0.3, 0.4) is 0 Å². The van der Waals surface area contributed by atoms with Crippen LogP contribution in [0.2, 0.25) is 0 Å². The first kappa shape index (κ1) is 11.1. The highest BCUT2D eigenvalue weighted by Crippen LogP contribution is 2.25. The zero-order valence-electron chi connectivity index (χ0n) is 9.18. The van der Waals surface area contributed by atoms with Crippen molar-refractivity contribution in [2.45, 2.75) is 12.8 Å². The number of benzene rings is 1. The van der Waals surface area contributed by atoms with Gasteiger partial charge in [-0.2, -0.15) is 5.10 Å². The highest BCUT2D eigenvalue weighted by atomic mass is 16.1. The van der Waals surface area contributed by atoms with Gasteiger partial charge in [-0.3, -0.25) is 4.79 Å². The molecule has 0 unspecified atom stereocenters. The van der Waals surface area contributed by atoms with Crippen LogP contribution in [0.25, 0.3) is 0 Å². The minimum Gasteiger partial charge on any atom is -0.369 e. The molecule has 0 heterocycles. The highest BCUT2D eigenvalue weighted by molar-refractivity contribution is 6.08. The molecule has 6 N–H and O–H groups in total. The maximum atomic E-state index is 11.2. The first-order valence-electron chi connectivity index (χ1n) is 5.17. The fourth-order valence-corrected chi connectivity index (χ4v) is 1.96. The lowest BCUT2D eigenvalue weighted by Gasteiger charge is -2.03. The van der Waals surface area contributed by atoms with Gasteiger partial charge in [0.05, 0.1) is 5.71 Å². The topological polar surface area (TPSA) is 120 Å². The summed E-state index contributed by atoms with van der Waals surface area (Å²) in [7, 11) is 0. The summed E-state index contributed by atoms with van der Waals surface area (Å²) >= 11 is 0. The summed E-state index contributed by atoms with van der Waals surface area (Å²) in [4.78, 5) is 11.2. The van der Waals surface area contributed by atoms with Gasteiger partial charge in [0.15, 0.2) is 0 Å². The number of guanidine groups is 1. The van der Waals surface area contributed by atoms with Crippen LogP contribution in [0.1, 0.15) is 27.9 Å². The Hall–Kier alpha value is -2.37. The molecule has 0 aliphatic heterocycles. The minimum absolute atomic E-state index is 0.0861. The number of nitrogens with zero attached hydrogens (tertiary/aromatic N) is 2. The van der Waals surface area contributed by atoms with Crippen molar-refractivity contribution in [1.29, 1.82) is 0 Å². The number of rotatable bonds is 2. The fraction of sp³-hybridized carbons (Fsp3) is 0.182. The zero-order chi connectivity index (χ0) is 12.4. The molecule has 1 aliphatic rings. The third kappa shape index (κ3) is 2.10. The predicted octanol–water partition coefficient (Wildman–Crippen LogP) is -0.291. The highest BCUT2D eigenvalue weighted by Gasteiger charge is 2.22. The minimum atomic E-state index is -0.426. The SMILES string of the molecule is NC(=O)c1cccc2c1CC/C2=N/N=C(N)N. The number of carbonyl (C=O) groups excluding carboxylic acids is 1. The van der Waals surface area contributed by atoms with Crippen molar-refractivity contribution in [3.63, 3.8) is 0 Å². The number of carbonyl (C=O) groups is 1. The lowest BCUT2D eigenvalue weighted by molar-refractivity contribution is 0.0999. The van der Waals surface area contributed by atoms with Crippen molar-refractivity contribution < 1.29 is 4.79 Å². The Kier molecular flexibility index (Phi) is 2.78. The molecule has 0 atom stereocenters. The summed E-state index contributed by atoms with van der Waals surface area (Å²) in [6, 6.07) is 5.37. The molecule has 0 saturated carbocycles. The van der Waals surface area contributed by atoms with Gasteiger partial charge in [0, 0.05) is 11.1 Å². The quantitative estimate of drug-likeness (QED) is 0.368. The molecule has 1 aromatic carbocycles. The van der Waals surface area contributed by atoms with E-state index in [1.807, 2.05) is 6.07 Å². The van der Waals surface area contributed by atoms with Gasteiger partial charge in [-0.15, -0.1) is 5.10 Å². The van der Waals surface area contributed by atoms with Crippen molar-refractivity contribution in [2.24, 2.45) is 27.4 Å². The largest absolute Gasteiger partial charge is 0.369 e. The summed E-state index contributed by atoms with van der Waals surface area (Å²) < 4.78 is 0. The number of amides is 1. The van der Waals surface area contributed by atoms with E-state index in [1.165, 1.54) is 0 Å². The van der Waals surface area contributed by atoms with Crippen LogP contribution < -0.4 is 17.2 Å². The standard InChI is InChI=1S/C11H13N5O/c12-10(17)8-3-1-2-7-6(8)4-5-9(7)15-16-11(13)14/h1-3H,4-5H2,(H2,12,17)(H4,13,14,16)/b15-9-. The van der Waals surface area contributed by atoms with Gasteiger partial charge in [-0.1, -0.05) is 12.1 Å². The van der Waals surface area contributed by atoms with Crippen molar-refractivity contribution in [2.75, 3.05) is 0 Å². The molecule has 0 aromatic heterocycles. The van der Waals surface area contributed by atoms with Crippen LogP contribution in [0, 0.1) is 0 Å². The second-order valence-corrected chi connectivity index (χ2v) is 3.77. The third-order valence-electron chi connectivity index (χ3n) is 2.65. The van der Waals surface area contributed by atoms with E-state index in [0.29, 0.717) is 12.0 Å². The van der Waals surface area contributed by atoms with Gasteiger partial charge in [0.2, 0.25) is 11.9 Å². The van der Waals surface area contributed by atoms with Crippen LogP contribution in [-0.4, -0.2) is 17.6 Å². The molecule has 0 fully saturated rings. The molecule has 6 heteroatoms. The first-order chi connectivity index (χ1) is 8.09. The number of hydrogen-bond acceptors (Lipinski definition) is 3. The second-order valence-electron chi connectivity index (χ2n) is 3.77. The maximum Gasteiger partial charge on any atom is 0.248 e. The van der Waals surface area contributed by atoms with Gasteiger partial charge in [-0.25, -0.2) is 0 Å². The summed E-state index contributed by atoms with van der Waals surface area (Å²) in [5.41, 5.74) is 18.9. The van der Waals surface area contributed by atoms with E-state index in [9.17, 15) is 4.79 Å². The summed E-state index contributed by atoms with van der Waals surface area (Å²) in [5, 5.41) is 7.59. The van der Waals surface area contributed by atoms with Crippen LogP contribution in [-0.2, 0) is 6.42 Å². The lowest BCUT2D eigenvalue weighted by atomic mass is 10.0. The number of fused-ring (bicyclic) bond motifs is 1. The van der Waals surface area contributed by atoms with Gasteiger partial charge in [0.25, 0.3) is 0 Å². The monoisotopic (exact) mass is 231 g/mol. The Morgan fingerprint density at radius 2 is 1.94 bits per heavy atom. The van der Waals surface area contributed by atoms with E-state index >= 15 is 0 Å². The average Bonchev–Trinajstić information content (AvgIpc) is 2.68. The molecule has 0 spiro atoms. The van der Waals surface area contributed by atoms with E-state index in [2.05, 4.69) is 10.2 Å². The molecule has 1 aromatic rings. The molecule has 88 valence electrons. The first-order valence-corrected chi connectivity index (χ1v) is 5.17. The molecule has 17 heavy (non-hydrogen) atoms. The van der Waals surface area contributed by atoms with Crippen molar-refractivity contribution >= 4 is 17.6 Å². The van der Waals surface area contributed by atoms with E-state index in [4.69, 9.17) is 17.2 Å². The molecule has 1 aliphatic carbocycles. The van der Waals surface area contributed by atoms with Gasteiger partial charge < -0.3 is 17.2 Å². The molecule has 0 bridgehead atoms. The molecule has 1 amide bonds. The van der Waals surface area contributed by atoms with E-state index < -0.39 is 5.91 Å².